The number of carboxylic acid groups (broad SMARTS) is 1. The Labute approximate surface area is 237 Å². The molecule has 3 aromatic carbocycles. The molecule has 3 aromatic rings. The van der Waals surface area contributed by atoms with Crippen LogP contribution in [-0.2, 0) is 33.8 Å². The van der Waals surface area contributed by atoms with Gasteiger partial charge in [-0.25, -0.2) is 0 Å². The van der Waals surface area contributed by atoms with Gasteiger partial charge in [0.2, 0.25) is 11.8 Å². The van der Waals surface area contributed by atoms with E-state index in [0.29, 0.717) is 25.9 Å². The predicted molar refractivity (Wildman–Crippen MR) is 157 cm³/mol. The Morgan fingerprint density at radius 2 is 1.52 bits per heavy atom. The van der Waals surface area contributed by atoms with Crippen molar-refractivity contribution < 1.29 is 24.2 Å². The van der Waals surface area contributed by atoms with Crippen molar-refractivity contribution in [2.24, 2.45) is 0 Å². The van der Waals surface area contributed by atoms with E-state index in [1.165, 1.54) is 12.5 Å². The quantitative estimate of drug-likeness (QED) is 0.173. The minimum Gasteiger partial charge on any atom is -0.489 e. The van der Waals surface area contributed by atoms with Crippen molar-refractivity contribution in [2.45, 2.75) is 77.4 Å². The van der Waals surface area contributed by atoms with Crippen LogP contribution >= 0.6 is 0 Å². The second-order valence-corrected chi connectivity index (χ2v) is 10.1. The topological polar surface area (TPSA) is 105 Å². The molecule has 212 valence electrons. The molecule has 2 amide bonds. The van der Waals surface area contributed by atoms with E-state index in [1.54, 1.807) is 0 Å². The van der Waals surface area contributed by atoms with Gasteiger partial charge in [0.15, 0.2) is 0 Å². The fourth-order valence-electron chi connectivity index (χ4n) is 4.55. The molecule has 0 aliphatic carbocycles. The van der Waals surface area contributed by atoms with Crippen molar-refractivity contribution >= 4 is 23.5 Å². The standard InChI is InChI=1S/C33H40N2O5/c1-25(36)34-29-14-9-13-26(22-29)10-5-2-3-8-15-32(37)35-30(18-21-33(38)39)23-27-16-19-31(20-17-27)40-24-28-11-6-4-7-12-28/h4,6-7,9,11-14,16-17,19-20,22,30H,2-3,5,8,10,15,18,21,23-24H2,1H3,(H,34,36)(H,35,37)(H,38,39)/t30-/m0/s1. The van der Waals surface area contributed by atoms with Crippen LogP contribution in [0.4, 0.5) is 5.69 Å². The molecule has 0 spiro atoms. The molecule has 0 aromatic heterocycles. The summed E-state index contributed by atoms with van der Waals surface area (Å²) in [4.78, 5) is 35.0. The van der Waals surface area contributed by atoms with E-state index < -0.39 is 5.97 Å². The molecular formula is C33H40N2O5. The summed E-state index contributed by atoms with van der Waals surface area (Å²) in [6, 6.07) is 25.3. The molecule has 0 aliphatic rings. The third-order valence-corrected chi connectivity index (χ3v) is 6.59. The summed E-state index contributed by atoms with van der Waals surface area (Å²) in [5.41, 5.74) is 4.11. The minimum atomic E-state index is -0.869. The summed E-state index contributed by atoms with van der Waals surface area (Å²) in [5.74, 6) is -0.227. The Morgan fingerprint density at radius 3 is 2.25 bits per heavy atom. The molecule has 0 saturated heterocycles. The van der Waals surface area contributed by atoms with Crippen LogP contribution in [0.25, 0.3) is 0 Å². The van der Waals surface area contributed by atoms with Gasteiger partial charge in [0.1, 0.15) is 12.4 Å². The zero-order valence-corrected chi connectivity index (χ0v) is 23.2. The molecule has 3 rings (SSSR count). The summed E-state index contributed by atoms with van der Waals surface area (Å²) in [5, 5.41) is 15.0. The Bertz CT molecular complexity index is 1210. The average molecular weight is 545 g/mol. The number of anilines is 1. The lowest BCUT2D eigenvalue weighted by molar-refractivity contribution is -0.137. The van der Waals surface area contributed by atoms with Gasteiger partial charge in [0, 0.05) is 31.5 Å². The number of hydrogen-bond donors (Lipinski definition) is 3. The second kappa shape index (κ2) is 16.7. The Hall–Kier alpha value is -4.13. The van der Waals surface area contributed by atoms with Gasteiger partial charge in [0.05, 0.1) is 0 Å². The van der Waals surface area contributed by atoms with Crippen LogP contribution in [0, 0.1) is 0 Å². The number of rotatable bonds is 17. The highest BCUT2D eigenvalue weighted by molar-refractivity contribution is 5.88. The molecule has 0 fully saturated rings. The zero-order chi connectivity index (χ0) is 28.6. The Balaban J connectivity index is 1.38. The molecule has 0 aliphatic heterocycles. The number of hydrogen-bond acceptors (Lipinski definition) is 4. The highest BCUT2D eigenvalue weighted by atomic mass is 16.5. The van der Waals surface area contributed by atoms with E-state index in [9.17, 15) is 14.4 Å². The number of nitrogens with one attached hydrogen (secondary N) is 2. The highest BCUT2D eigenvalue weighted by Crippen LogP contribution is 2.17. The maximum absolute atomic E-state index is 12.6. The SMILES string of the molecule is CC(=O)Nc1cccc(CCCCCCC(=O)N[C@@H](CCC(=O)O)Cc2ccc(OCc3ccccc3)cc2)c1. The van der Waals surface area contributed by atoms with E-state index in [1.807, 2.05) is 72.8 Å². The van der Waals surface area contributed by atoms with E-state index >= 15 is 0 Å². The van der Waals surface area contributed by atoms with E-state index in [0.717, 1.165) is 54.7 Å². The van der Waals surface area contributed by atoms with Crippen LogP contribution in [0.1, 0.15) is 68.6 Å². The number of aliphatic carboxylic acids is 1. The molecule has 0 saturated carbocycles. The van der Waals surface area contributed by atoms with Gasteiger partial charge < -0.3 is 20.5 Å². The number of ether oxygens (including phenoxy) is 1. The van der Waals surface area contributed by atoms with Crippen LogP contribution in [0.5, 0.6) is 5.75 Å². The summed E-state index contributed by atoms with van der Waals surface area (Å²) in [7, 11) is 0. The van der Waals surface area contributed by atoms with Crippen molar-refractivity contribution in [1.29, 1.82) is 0 Å². The van der Waals surface area contributed by atoms with Crippen LogP contribution in [0.2, 0.25) is 0 Å². The van der Waals surface area contributed by atoms with E-state index in [4.69, 9.17) is 9.84 Å². The molecule has 3 N–H and O–H groups in total. The van der Waals surface area contributed by atoms with Gasteiger partial charge in [-0.1, -0.05) is 67.4 Å². The maximum Gasteiger partial charge on any atom is 0.303 e. The molecular weight excluding hydrogens is 504 g/mol. The molecule has 1 atom stereocenters. The number of amides is 2. The van der Waals surface area contributed by atoms with Gasteiger partial charge in [0.25, 0.3) is 0 Å². The van der Waals surface area contributed by atoms with Crippen molar-refractivity contribution in [2.75, 3.05) is 5.32 Å². The summed E-state index contributed by atoms with van der Waals surface area (Å²) < 4.78 is 5.85. The second-order valence-electron chi connectivity index (χ2n) is 10.1. The van der Waals surface area contributed by atoms with Crippen LogP contribution < -0.4 is 15.4 Å². The summed E-state index contributed by atoms with van der Waals surface area (Å²) in [6.07, 6.45) is 6.06. The molecule has 0 unspecified atom stereocenters. The van der Waals surface area contributed by atoms with Crippen LogP contribution in [0.15, 0.2) is 78.9 Å². The lowest BCUT2D eigenvalue weighted by atomic mass is 10.0. The average Bonchev–Trinajstić information content (AvgIpc) is 2.93. The smallest absolute Gasteiger partial charge is 0.303 e. The molecule has 7 nitrogen and oxygen atoms in total. The fourth-order valence-corrected chi connectivity index (χ4v) is 4.55. The highest BCUT2D eigenvalue weighted by Gasteiger charge is 2.15. The van der Waals surface area contributed by atoms with E-state index in [-0.39, 0.29) is 24.3 Å². The van der Waals surface area contributed by atoms with Gasteiger partial charge in [-0.3, -0.25) is 14.4 Å². The molecule has 0 radical (unpaired) electrons. The van der Waals surface area contributed by atoms with Gasteiger partial charge >= 0.3 is 5.97 Å². The van der Waals surface area contributed by atoms with E-state index in [2.05, 4.69) is 16.7 Å². The van der Waals surface area contributed by atoms with Crippen molar-refractivity contribution in [3.63, 3.8) is 0 Å². The maximum atomic E-state index is 12.6. The number of unbranched alkanes of at least 4 members (excludes halogenated alkanes) is 3. The summed E-state index contributed by atoms with van der Waals surface area (Å²) in [6.45, 7) is 1.99. The first-order valence-corrected chi connectivity index (χ1v) is 14.0. The van der Waals surface area contributed by atoms with Crippen molar-refractivity contribution in [3.8, 4) is 5.75 Å². The third-order valence-electron chi connectivity index (χ3n) is 6.59. The lowest BCUT2D eigenvalue weighted by Crippen LogP contribution is -2.36. The molecule has 7 heteroatoms. The number of carbonyl (C=O) groups is 3. The zero-order valence-electron chi connectivity index (χ0n) is 23.2. The minimum absolute atomic E-state index is 0.00630. The number of benzene rings is 3. The number of carbonyl (C=O) groups excluding carboxylic acids is 2. The van der Waals surface area contributed by atoms with Crippen molar-refractivity contribution in [1.82, 2.24) is 5.32 Å². The largest absolute Gasteiger partial charge is 0.489 e. The fraction of sp³-hybridized carbons (Fsp3) is 0.364. The predicted octanol–water partition coefficient (Wildman–Crippen LogP) is 6.31. The first-order valence-electron chi connectivity index (χ1n) is 14.0. The van der Waals surface area contributed by atoms with Gasteiger partial charge in [-0.05, 0) is 73.1 Å². The monoisotopic (exact) mass is 544 g/mol. The molecule has 0 heterocycles. The van der Waals surface area contributed by atoms with Crippen LogP contribution in [0.3, 0.4) is 0 Å². The normalized spacial score (nSPS) is 11.4. The first-order chi connectivity index (χ1) is 19.4. The molecule has 40 heavy (non-hydrogen) atoms. The third kappa shape index (κ3) is 12.2. The Morgan fingerprint density at radius 1 is 0.800 bits per heavy atom. The van der Waals surface area contributed by atoms with Gasteiger partial charge in [-0.2, -0.15) is 0 Å². The number of aryl methyl sites for hydroxylation is 1. The van der Waals surface area contributed by atoms with Crippen molar-refractivity contribution in [3.05, 3.63) is 95.6 Å². The number of carboxylic acids is 1. The Kier molecular flexibility index (Phi) is 12.7. The first kappa shape index (κ1) is 30.4. The molecule has 0 bridgehead atoms. The lowest BCUT2D eigenvalue weighted by Gasteiger charge is -2.18. The van der Waals surface area contributed by atoms with Gasteiger partial charge in [-0.15, -0.1) is 0 Å². The summed E-state index contributed by atoms with van der Waals surface area (Å²) >= 11 is 0. The van der Waals surface area contributed by atoms with Crippen LogP contribution in [-0.4, -0.2) is 28.9 Å².